The smallest absolute Gasteiger partial charge is 0.258 e. The van der Waals surface area contributed by atoms with Gasteiger partial charge in [-0.1, -0.05) is 25.1 Å². The van der Waals surface area contributed by atoms with E-state index in [1.807, 2.05) is 12.1 Å². The summed E-state index contributed by atoms with van der Waals surface area (Å²) < 4.78 is 0. The zero-order valence-corrected chi connectivity index (χ0v) is 7.43. The highest BCUT2D eigenvalue weighted by Crippen LogP contribution is 2.49. The summed E-state index contributed by atoms with van der Waals surface area (Å²) in [6.45, 7) is 2.13. The maximum Gasteiger partial charge on any atom is 0.272 e. The lowest BCUT2D eigenvalue weighted by Gasteiger charge is -1.99. The summed E-state index contributed by atoms with van der Waals surface area (Å²) in [5.41, 5.74) is 1.18. The van der Waals surface area contributed by atoms with E-state index in [0.29, 0.717) is 11.8 Å². The first-order valence-corrected chi connectivity index (χ1v) is 4.43. The fourth-order valence-corrected chi connectivity index (χ4v) is 1.72. The molecule has 3 nitrogen and oxygen atoms in total. The molecule has 1 aromatic rings. The number of nitro benzene ring substituents is 1. The van der Waals surface area contributed by atoms with Crippen LogP contribution in [0.15, 0.2) is 24.3 Å². The van der Waals surface area contributed by atoms with E-state index in [9.17, 15) is 10.1 Å². The van der Waals surface area contributed by atoms with Crippen molar-refractivity contribution < 1.29 is 4.92 Å². The van der Waals surface area contributed by atoms with Crippen molar-refractivity contribution in [3.8, 4) is 0 Å². The normalized spacial score (nSPS) is 25.6. The van der Waals surface area contributed by atoms with Gasteiger partial charge in [-0.2, -0.15) is 0 Å². The number of hydrogen-bond donors (Lipinski definition) is 0. The molecule has 0 radical (unpaired) electrons. The molecular weight excluding hydrogens is 166 g/mol. The second-order valence-corrected chi connectivity index (χ2v) is 3.64. The Morgan fingerprint density at radius 1 is 1.46 bits per heavy atom. The van der Waals surface area contributed by atoms with Crippen LogP contribution in [-0.2, 0) is 0 Å². The lowest BCUT2D eigenvalue weighted by atomic mass is 10.1. The highest BCUT2D eigenvalue weighted by molar-refractivity contribution is 5.44. The standard InChI is InChI=1S/C10H11NO2/c1-7-6-9(7)8-4-2-3-5-10(8)11(12)13/h2-5,7,9H,6H2,1H3/t7-,9+/m0/s1. The molecule has 0 spiro atoms. The summed E-state index contributed by atoms with van der Waals surface area (Å²) in [7, 11) is 0. The Balaban J connectivity index is 2.38. The quantitative estimate of drug-likeness (QED) is 0.515. The molecule has 1 saturated carbocycles. The van der Waals surface area contributed by atoms with E-state index < -0.39 is 0 Å². The van der Waals surface area contributed by atoms with E-state index in [1.165, 1.54) is 0 Å². The first kappa shape index (κ1) is 8.23. The molecule has 2 atom stereocenters. The Labute approximate surface area is 76.5 Å². The molecule has 2 rings (SSSR count). The first-order chi connectivity index (χ1) is 6.20. The molecule has 0 aliphatic heterocycles. The van der Waals surface area contributed by atoms with Crippen molar-refractivity contribution in [1.82, 2.24) is 0 Å². The molecule has 1 aliphatic carbocycles. The first-order valence-electron chi connectivity index (χ1n) is 4.43. The van der Waals surface area contributed by atoms with Crippen molar-refractivity contribution in [2.24, 2.45) is 5.92 Å². The Morgan fingerprint density at radius 3 is 2.62 bits per heavy atom. The molecule has 3 heteroatoms. The van der Waals surface area contributed by atoms with Crippen LogP contribution in [0.4, 0.5) is 5.69 Å². The molecule has 0 saturated heterocycles. The van der Waals surface area contributed by atoms with E-state index in [1.54, 1.807) is 12.1 Å². The van der Waals surface area contributed by atoms with Gasteiger partial charge >= 0.3 is 0 Å². The van der Waals surface area contributed by atoms with Crippen LogP contribution in [0.2, 0.25) is 0 Å². The van der Waals surface area contributed by atoms with E-state index in [4.69, 9.17) is 0 Å². The van der Waals surface area contributed by atoms with Crippen molar-refractivity contribution in [2.75, 3.05) is 0 Å². The Morgan fingerprint density at radius 2 is 2.08 bits per heavy atom. The maximum atomic E-state index is 10.7. The van der Waals surface area contributed by atoms with Crippen LogP contribution in [0, 0.1) is 16.0 Å². The summed E-state index contributed by atoms with van der Waals surface area (Å²) in [6.07, 6.45) is 1.09. The molecule has 68 valence electrons. The van der Waals surface area contributed by atoms with E-state index >= 15 is 0 Å². The molecular formula is C10H11NO2. The van der Waals surface area contributed by atoms with Gasteiger partial charge in [0.15, 0.2) is 0 Å². The molecule has 1 fully saturated rings. The molecule has 1 aromatic carbocycles. The van der Waals surface area contributed by atoms with Gasteiger partial charge in [0.05, 0.1) is 4.92 Å². The second kappa shape index (κ2) is 2.83. The Hall–Kier alpha value is -1.38. The fraction of sp³-hybridized carbons (Fsp3) is 0.400. The van der Waals surface area contributed by atoms with Crippen molar-refractivity contribution >= 4 is 5.69 Å². The number of rotatable bonds is 2. The minimum atomic E-state index is -0.291. The molecule has 0 amide bonds. The van der Waals surface area contributed by atoms with E-state index in [-0.39, 0.29) is 10.6 Å². The fourth-order valence-electron chi connectivity index (χ4n) is 1.72. The van der Waals surface area contributed by atoms with Gasteiger partial charge in [-0.05, 0) is 18.3 Å². The molecule has 1 aliphatic rings. The number of para-hydroxylation sites is 1. The zero-order chi connectivity index (χ0) is 9.42. The number of nitro groups is 1. The maximum absolute atomic E-state index is 10.7. The molecule has 0 N–H and O–H groups in total. The summed E-state index contributed by atoms with van der Waals surface area (Å²) in [6, 6.07) is 7.04. The Bertz CT molecular complexity index is 349. The van der Waals surface area contributed by atoms with Gasteiger partial charge in [-0.3, -0.25) is 10.1 Å². The van der Waals surface area contributed by atoms with E-state index in [0.717, 1.165) is 12.0 Å². The van der Waals surface area contributed by atoms with Crippen LogP contribution in [-0.4, -0.2) is 4.92 Å². The monoisotopic (exact) mass is 177 g/mol. The van der Waals surface area contributed by atoms with Crippen LogP contribution < -0.4 is 0 Å². The van der Waals surface area contributed by atoms with Crippen LogP contribution in [0.1, 0.15) is 24.8 Å². The summed E-state index contributed by atoms with van der Waals surface area (Å²) in [4.78, 5) is 10.4. The van der Waals surface area contributed by atoms with Crippen LogP contribution in [0.25, 0.3) is 0 Å². The SMILES string of the molecule is C[C@H]1C[C@H]1c1ccccc1[N+](=O)[O-]. The molecule has 13 heavy (non-hydrogen) atoms. The van der Waals surface area contributed by atoms with E-state index in [2.05, 4.69) is 6.92 Å². The van der Waals surface area contributed by atoms with Crippen molar-refractivity contribution in [2.45, 2.75) is 19.3 Å². The van der Waals surface area contributed by atoms with Crippen LogP contribution >= 0.6 is 0 Å². The summed E-state index contributed by atoms with van der Waals surface area (Å²) in [5, 5.41) is 10.7. The zero-order valence-electron chi connectivity index (χ0n) is 7.43. The lowest BCUT2D eigenvalue weighted by molar-refractivity contribution is -0.385. The average Bonchev–Trinajstić information content (AvgIpc) is 2.82. The van der Waals surface area contributed by atoms with Gasteiger partial charge in [-0.25, -0.2) is 0 Å². The largest absolute Gasteiger partial charge is 0.272 e. The summed E-state index contributed by atoms with van der Waals surface area (Å²) >= 11 is 0. The highest BCUT2D eigenvalue weighted by Gasteiger charge is 2.37. The predicted octanol–water partition coefficient (Wildman–Crippen LogP) is 2.72. The molecule has 0 aromatic heterocycles. The third kappa shape index (κ3) is 1.41. The van der Waals surface area contributed by atoms with Crippen LogP contribution in [0.3, 0.4) is 0 Å². The molecule has 0 unspecified atom stereocenters. The average molecular weight is 177 g/mol. The molecule has 0 bridgehead atoms. The van der Waals surface area contributed by atoms with Crippen molar-refractivity contribution in [1.29, 1.82) is 0 Å². The van der Waals surface area contributed by atoms with Gasteiger partial charge in [0.25, 0.3) is 5.69 Å². The van der Waals surface area contributed by atoms with Gasteiger partial charge in [0.2, 0.25) is 0 Å². The Kier molecular flexibility index (Phi) is 1.79. The van der Waals surface area contributed by atoms with Gasteiger partial charge in [-0.15, -0.1) is 0 Å². The summed E-state index contributed by atoms with van der Waals surface area (Å²) in [5.74, 6) is 1.03. The van der Waals surface area contributed by atoms with Crippen molar-refractivity contribution in [3.63, 3.8) is 0 Å². The van der Waals surface area contributed by atoms with Crippen molar-refractivity contribution in [3.05, 3.63) is 39.9 Å². The van der Waals surface area contributed by atoms with Crippen LogP contribution in [0.5, 0.6) is 0 Å². The van der Waals surface area contributed by atoms with Gasteiger partial charge in [0.1, 0.15) is 0 Å². The number of benzene rings is 1. The lowest BCUT2D eigenvalue weighted by Crippen LogP contribution is -1.93. The van der Waals surface area contributed by atoms with Gasteiger partial charge < -0.3 is 0 Å². The third-order valence-electron chi connectivity index (χ3n) is 2.64. The number of hydrogen-bond acceptors (Lipinski definition) is 2. The van der Waals surface area contributed by atoms with Gasteiger partial charge in [0, 0.05) is 11.6 Å². The third-order valence-corrected chi connectivity index (χ3v) is 2.64. The molecule has 0 heterocycles. The minimum Gasteiger partial charge on any atom is -0.258 e. The number of nitrogens with zero attached hydrogens (tertiary/aromatic N) is 1. The second-order valence-electron chi connectivity index (χ2n) is 3.64. The highest BCUT2D eigenvalue weighted by atomic mass is 16.6. The predicted molar refractivity (Wildman–Crippen MR) is 49.6 cm³/mol. The minimum absolute atomic E-state index is 0.275. The topological polar surface area (TPSA) is 43.1 Å².